The highest BCUT2D eigenvalue weighted by molar-refractivity contribution is 9.10. The molecule has 3 rings (SSSR count). The summed E-state index contributed by atoms with van der Waals surface area (Å²) in [6.07, 6.45) is 0. The fraction of sp³-hybridized carbons (Fsp3) is 0. The van der Waals surface area contributed by atoms with Gasteiger partial charge in [0.15, 0.2) is 0 Å². The normalized spacial score (nSPS) is 10.5. The molecule has 0 saturated carbocycles. The lowest BCUT2D eigenvalue weighted by atomic mass is 10.3. The number of benzene rings is 2. The summed E-state index contributed by atoms with van der Waals surface area (Å²) in [4.78, 5) is 4.29. The van der Waals surface area contributed by atoms with Crippen molar-refractivity contribution in [3.8, 4) is 11.8 Å². The SMILES string of the molecule is Brc1ccccc1Oc1nnc2ccccc2n1. The second kappa shape index (κ2) is 4.70. The molecule has 18 heavy (non-hydrogen) atoms. The molecule has 0 amide bonds. The third kappa shape index (κ3) is 2.17. The Morgan fingerprint density at radius 1 is 0.833 bits per heavy atom. The molecule has 4 nitrogen and oxygen atoms in total. The van der Waals surface area contributed by atoms with Crippen molar-refractivity contribution in [2.45, 2.75) is 0 Å². The van der Waals surface area contributed by atoms with Crippen LogP contribution in [0.5, 0.6) is 11.8 Å². The standard InChI is InChI=1S/C13H8BrN3O/c14-9-5-1-4-8-12(9)18-13-15-10-6-2-3-7-11(10)16-17-13/h1-8H. The fourth-order valence-electron chi connectivity index (χ4n) is 1.53. The highest BCUT2D eigenvalue weighted by Crippen LogP contribution is 2.27. The number of rotatable bonds is 2. The number of fused-ring (bicyclic) bond motifs is 1. The molecule has 1 heterocycles. The van der Waals surface area contributed by atoms with E-state index in [4.69, 9.17) is 4.74 Å². The molecule has 0 aliphatic carbocycles. The first-order valence-electron chi connectivity index (χ1n) is 5.35. The molecule has 0 aliphatic heterocycles. The molecule has 0 atom stereocenters. The second-order valence-corrected chi connectivity index (χ2v) is 4.47. The molecule has 0 aliphatic rings. The first-order chi connectivity index (χ1) is 8.83. The van der Waals surface area contributed by atoms with Gasteiger partial charge in [-0.05, 0) is 40.2 Å². The molecule has 1 aromatic heterocycles. The predicted octanol–water partition coefficient (Wildman–Crippen LogP) is 3.58. The van der Waals surface area contributed by atoms with Gasteiger partial charge in [-0.25, -0.2) is 0 Å². The van der Waals surface area contributed by atoms with Crippen LogP contribution in [-0.4, -0.2) is 15.2 Å². The Bertz CT molecular complexity index is 702. The molecular weight excluding hydrogens is 294 g/mol. The van der Waals surface area contributed by atoms with Gasteiger partial charge in [0.25, 0.3) is 0 Å². The first kappa shape index (κ1) is 11.1. The summed E-state index contributed by atoms with van der Waals surface area (Å²) in [7, 11) is 0. The van der Waals surface area contributed by atoms with E-state index in [0.29, 0.717) is 5.75 Å². The number of para-hydroxylation sites is 2. The third-order valence-electron chi connectivity index (χ3n) is 2.38. The molecule has 0 radical (unpaired) electrons. The van der Waals surface area contributed by atoms with Crippen LogP contribution >= 0.6 is 15.9 Å². The van der Waals surface area contributed by atoms with Crippen molar-refractivity contribution < 1.29 is 4.74 Å². The lowest BCUT2D eigenvalue weighted by Crippen LogP contribution is -1.95. The smallest absolute Gasteiger partial charge is 0.341 e. The number of ether oxygens (including phenoxy) is 1. The first-order valence-corrected chi connectivity index (χ1v) is 6.14. The van der Waals surface area contributed by atoms with Gasteiger partial charge in [-0.1, -0.05) is 29.4 Å². The van der Waals surface area contributed by atoms with E-state index in [0.717, 1.165) is 15.5 Å². The number of hydrogen-bond donors (Lipinski definition) is 0. The third-order valence-corrected chi connectivity index (χ3v) is 3.03. The van der Waals surface area contributed by atoms with E-state index in [-0.39, 0.29) is 6.01 Å². The van der Waals surface area contributed by atoms with Gasteiger partial charge >= 0.3 is 6.01 Å². The van der Waals surface area contributed by atoms with Gasteiger partial charge in [0.05, 0.1) is 9.99 Å². The van der Waals surface area contributed by atoms with Crippen LogP contribution in [0.15, 0.2) is 53.0 Å². The van der Waals surface area contributed by atoms with Crippen LogP contribution in [-0.2, 0) is 0 Å². The summed E-state index contributed by atoms with van der Waals surface area (Å²) in [6, 6.07) is 15.3. The highest BCUT2D eigenvalue weighted by Gasteiger charge is 2.05. The Morgan fingerprint density at radius 2 is 1.56 bits per heavy atom. The van der Waals surface area contributed by atoms with Crippen LogP contribution in [0.2, 0.25) is 0 Å². The molecule has 0 unspecified atom stereocenters. The van der Waals surface area contributed by atoms with Gasteiger partial charge in [0.2, 0.25) is 0 Å². The zero-order valence-corrected chi connectivity index (χ0v) is 10.8. The van der Waals surface area contributed by atoms with Crippen LogP contribution in [0.1, 0.15) is 0 Å². The molecule has 0 saturated heterocycles. The molecule has 0 N–H and O–H groups in total. The minimum atomic E-state index is 0.237. The number of nitrogens with zero attached hydrogens (tertiary/aromatic N) is 3. The van der Waals surface area contributed by atoms with E-state index in [1.807, 2.05) is 48.5 Å². The maximum atomic E-state index is 5.59. The summed E-state index contributed by atoms with van der Waals surface area (Å²) in [5.41, 5.74) is 1.51. The topological polar surface area (TPSA) is 47.9 Å². The summed E-state index contributed by atoms with van der Waals surface area (Å²) < 4.78 is 6.43. The average molecular weight is 302 g/mol. The lowest BCUT2D eigenvalue weighted by molar-refractivity contribution is 0.434. The van der Waals surface area contributed by atoms with E-state index in [2.05, 4.69) is 31.1 Å². The summed E-state index contributed by atoms with van der Waals surface area (Å²) in [5, 5.41) is 7.99. The van der Waals surface area contributed by atoms with Crippen molar-refractivity contribution in [1.29, 1.82) is 0 Å². The number of halogens is 1. The molecule has 2 aromatic carbocycles. The Balaban J connectivity index is 1.98. The monoisotopic (exact) mass is 301 g/mol. The largest absolute Gasteiger partial charge is 0.422 e. The summed E-state index contributed by atoms with van der Waals surface area (Å²) in [5.74, 6) is 0.662. The molecule has 0 bridgehead atoms. The van der Waals surface area contributed by atoms with Gasteiger partial charge in [0, 0.05) is 0 Å². The Hall–Kier alpha value is -2.01. The van der Waals surface area contributed by atoms with Crippen molar-refractivity contribution in [2.24, 2.45) is 0 Å². The van der Waals surface area contributed by atoms with Gasteiger partial charge in [-0.3, -0.25) is 0 Å². The average Bonchev–Trinajstić information content (AvgIpc) is 2.41. The highest BCUT2D eigenvalue weighted by atomic mass is 79.9. The van der Waals surface area contributed by atoms with Crippen molar-refractivity contribution in [3.05, 3.63) is 53.0 Å². The van der Waals surface area contributed by atoms with Crippen molar-refractivity contribution >= 4 is 27.0 Å². The van der Waals surface area contributed by atoms with Crippen molar-refractivity contribution in [1.82, 2.24) is 15.2 Å². The number of hydrogen-bond acceptors (Lipinski definition) is 4. The van der Waals surface area contributed by atoms with E-state index in [9.17, 15) is 0 Å². The minimum absolute atomic E-state index is 0.237. The fourth-order valence-corrected chi connectivity index (χ4v) is 1.90. The molecule has 3 aromatic rings. The van der Waals surface area contributed by atoms with Crippen LogP contribution in [0.3, 0.4) is 0 Å². The molecular formula is C13H8BrN3O. The molecule has 88 valence electrons. The molecule has 0 fully saturated rings. The maximum absolute atomic E-state index is 5.59. The predicted molar refractivity (Wildman–Crippen MR) is 71.5 cm³/mol. The summed E-state index contributed by atoms with van der Waals surface area (Å²) >= 11 is 3.40. The van der Waals surface area contributed by atoms with E-state index in [1.54, 1.807) is 0 Å². The van der Waals surface area contributed by atoms with Crippen LogP contribution in [0, 0.1) is 0 Å². The Kier molecular flexibility index (Phi) is 2.90. The quantitative estimate of drug-likeness (QED) is 0.726. The van der Waals surface area contributed by atoms with Gasteiger partial charge in [0.1, 0.15) is 11.3 Å². The van der Waals surface area contributed by atoms with Gasteiger partial charge in [-0.15, -0.1) is 5.10 Å². The van der Waals surface area contributed by atoms with E-state index in [1.165, 1.54) is 0 Å². The van der Waals surface area contributed by atoms with Crippen molar-refractivity contribution in [3.63, 3.8) is 0 Å². The summed E-state index contributed by atoms with van der Waals surface area (Å²) in [6.45, 7) is 0. The van der Waals surface area contributed by atoms with Gasteiger partial charge < -0.3 is 4.74 Å². The van der Waals surface area contributed by atoms with E-state index >= 15 is 0 Å². The van der Waals surface area contributed by atoms with Gasteiger partial charge in [-0.2, -0.15) is 4.98 Å². The lowest BCUT2D eigenvalue weighted by Gasteiger charge is -2.05. The maximum Gasteiger partial charge on any atom is 0.341 e. The van der Waals surface area contributed by atoms with Crippen molar-refractivity contribution in [2.75, 3.05) is 0 Å². The van der Waals surface area contributed by atoms with Crippen LogP contribution in [0.25, 0.3) is 11.0 Å². The zero-order chi connectivity index (χ0) is 12.4. The Morgan fingerprint density at radius 3 is 2.39 bits per heavy atom. The molecule has 0 spiro atoms. The molecule has 5 heteroatoms. The minimum Gasteiger partial charge on any atom is -0.422 e. The number of aromatic nitrogens is 3. The van der Waals surface area contributed by atoms with E-state index < -0.39 is 0 Å². The Labute approximate surface area is 112 Å². The van der Waals surface area contributed by atoms with Crippen LogP contribution in [0.4, 0.5) is 0 Å². The second-order valence-electron chi connectivity index (χ2n) is 3.62. The van der Waals surface area contributed by atoms with Crippen LogP contribution < -0.4 is 4.74 Å². The zero-order valence-electron chi connectivity index (χ0n) is 9.25.